The van der Waals surface area contributed by atoms with E-state index in [4.69, 9.17) is 5.11 Å². The van der Waals surface area contributed by atoms with Crippen LogP contribution in [0.25, 0.3) is 0 Å². The molecule has 0 aliphatic carbocycles. The number of aromatic nitrogens is 4. The number of amides is 1. The average molecular weight is 291 g/mol. The lowest BCUT2D eigenvalue weighted by molar-refractivity contribution is -0.137. The summed E-state index contributed by atoms with van der Waals surface area (Å²) in [7, 11) is 1.82. The second-order valence-corrected chi connectivity index (χ2v) is 4.86. The number of hydrogen-bond donors (Lipinski definition) is 2. The second kappa shape index (κ2) is 5.78. The maximum Gasteiger partial charge on any atom is 0.325 e. The number of aliphatic carboxylic acids is 1. The van der Waals surface area contributed by atoms with Gasteiger partial charge in [-0.1, -0.05) is 0 Å². The van der Waals surface area contributed by atoms with Gasteiger partial charge in [0.25, 0.3) is 5.91 Å². The SMILES string of the molecule is Cc1nn(C)cc1C(C)NC(=O)c1cnn(CC(=O)O)c1. The van der Waals surface area contributed by atoms with Gasteiger partial charge in [0.2, 0.25) is 0 Å². The molecule has 0 bridgehead atoms. The van der Waals surface area contributed by atoms with E-state index < -0.39 is 5.97 Å². The molecule has 8 heteroatoms. The van der Waals surface area contributed by atoms with Crippen LogP contribution in [0.15, 0.2) is 18.6 Å². The van der Waals surface area contributed by atoms with Gasteiger partial charge >= 0.3 is 5.97 Å². The number of aryl methyl sites for hydroxylation is 2. The molecule has 0 radical (unpaired) electrons. The van der Waals surface area contributed by atoms with E-state index in [0.29, 0.717) is 5.56 Å². The Kier molecular flexibility index (Phi) is 4.06. The van der Waals surface area contributed by atoms with Gasteiger partial charge in [0.15, 0.2) is 0 Å². The summed E-state index contributed by atoms with van der Waals surface area (Å²) in [5.74, 6) is -1.31. The van der Waals surface area contributed by atoms with Gasteiger partial charge in [0.05, 0.1) is 23.5 Å². The lowest BCUT2D eigenvalue weighted by Crippen LogP contribution is -2.26. The molecule has 0 aromatic carbocycles. The summed E-state index contributed by atoms with van der Waals surface area (Å²) in [5, 5.41) is 19.6. The topological polar surface area (TPSA) is 102 Å². The summed E-state index contributed by atoms with van der Waals surface area (Å²) < 4.78 is 2.90. The first-order valence-electron chi connectivity index (χ1n) is 6.42. The van der Waals surface area contributed by atoms with Crippen molar-refractivity contribution in [3.05, 3.63) is 35.4 Å². The fourth-order valence-corrected chi connectivity index (χ4v) is 2.11. The quantitative estimate of drug-likeness (QED) is 0.835. The minimum Gasteiger partial charge on any atom is -0.480 e. The molecule has 21 heavy (non-hydrogen) atoms. The molecule has 112 valence electrons. The molecule has 2 heterocycles. The third-order valence-corrected chi connectivity index (χ3v) is 3.06. The van der Waals surface area contributed by atoms with Crippen LogP contribution in [0.3, 0.4) is 0 Å². The molecule has 2 aromatic rings. The number of rotatable bonds is 5. The monoisotopic (exact) mass is 291 g/mol. The summed E-state index contributed by atoms with van der Waals surface area (Å²) >= 11 is 0. The van der Waals surface area contributed by atoms with Crippen LogP contribution in [0.2, 0.25) is 0 Å². The first-order chi connectivity index (χ1) is 9.86. The number of carboxylic acids is 1. The van der Waals surface area contributed by atoms with Crippen molar-refractivity contribution < 1.29 is 14.7 Å². The molecule has 2 N–H and O–H groups in total. The van der Waals surface area contributed by atoms with Crippen LogP contribution >= 0.6 is 0 Å². The molecular formula is C13H17N5O3. The standard InChI is InChI=1S/C13H17N5O3/c1-8(11-6-17(3)16-9(11)2)15-13(21)10-4-14-18(5-10)7-12(19)20/h4-6,8H,7H2,1-3H3,(H,15,21)(H,19,20). The van der Waals surface area contributed by atoms with Gasteiger partial charge < -0.3 is 10.4 Å². The minimum atomic E-state index is -1.01. The lowest BCUT2D eigenvalue weighted by Gasteiger charge is -2.12. The van der Waals surface area contributed by atoms with Crippen LogP contribution in [0.1, 0.15) is 34.6 Å². The third-order valence-electron chi connectivity index (χ3n) is 3.06. The van der Waals surface area contributed by atoms with Crippen molar-refractivity contribution in [3.8, 4) is 0 Å². The number of carboxylic acid groups (broad SMARTS) is 1. The largest absolute Gasteiger partial charge is 0.480 e. The molecule has 0 aliphatic rings. The lowest BCUT2D eigenvalue weighted by atomic mass is 10.1. The molecule has 0 spiro atoms. The molecular weight excluding hydrogens is 274 g/mol. The fourth-order valence-electron chi connectivity index (χ4n) is 2.11. The van der Waals surface area contributed by atoms with Crippen LogP contribution in [0.4, 0.5) is 0 Å². The molecule has 0 saturated heterocycles. The highest BCUT2D eigenvalue weighted by Gasteiger charge is 2.16. The molecule has 2 aromatic heterocycles. The Morgan fingerprint density at radius 2 is 2.14 bits per heavy atom. The van der Waals surface area contributed by atoms with Crippen molar-refractivity contribution >= 4 is 11.9 Å². The predicted octanol–water partition coefficient (Wildman–Crippen LogP) is 0.501. The highest BCUT2D eigenvalue weighted by molar-refractivity contribution is 5.94. The Morgan fingerprint density at radius 3 is 2.71 bits per heavy atom. The molecule has 1 unspecified atom stereocenters. The van der Waals surface area contributed by atoms with Crippen molar-refractivity contribution in [2.45, 2.75) is 26.4 Å². The molecule has 1 amide bonds. The zero-order valence-electron chi connectivity index (χ0n) is 12.1. The van der Waals surface area contributed by atoms with Gasteiger partial charge in [-0.15, -0.1) is 0 Å². The average Bonchev–Trinajstić information content (AvgIpc) is 2.95. The van der Waals surface area contributed by atoms with Crippen molar-refractivity contribution in [2.75, 3.05) is 0 Å². The van der Waals surface area contributed by atoms with E-state index in [2.05, 4.69) is 15.5 Å². The van der Waals surface area contributed by atoms with Crippen LogP contribution in [0, 0.1) is 6.92 Å². The van der Waals surface area contributed by atoms with Crippen LogP contribution in [0.5, 0.6) is 0 Å². The van der Waals surface area contributed by atoms with Gasteiger partial charge in [0, 0.05) is 25.0 Å². The maximum absolute atomic E-state index is 12.1. The van der Waals surface area contributed by atoms with E-state index in [1.165, 1.54) is 17.1 Å². The Hall–Kier alpha value is -2.64. The number of carbonyl (C=O) groups excluding carboxylic acids is 1. The van der Waals surface area contributed by atoms with Crippen molar-refractivity contribution in [1.82, 2.24) is 24.9 Å². The van der Waals surface area contributed by atoms with E-state index in [1.807, 2.05) is 27.1 Å². The Balaban J connectivity index is 2.05. The zero-order chi connectivity index (χ0) is 15.6. The van der Waals surface area contributed by atoms with Gasteiger partial charge in [-0.25, -0.2) is 0 Å². The molecule has 1 atom stereocenters. The van der Waals surface area contributed by atoms with E-state index in [0.717, 1.165) is 11.3 Å². The first-order valence-corrected chi connectivity index (χ1v) is 6.42. The fraction of sp³-hybridized carbons (Fsp3) is 0.385. The van der Waals surface area contributed by atoms with Gasteiger partial charge in [0.1, 0.15) is 6.54 Å². The summed E-state index contributed by atoms with van der Waals surface area (Å²) in [5.41, 5.74) is 2.11. The highest BCUT2D eigenvalue weighted by atomic mass is 16.4. The Morgan fingerprint density at radius 1 is 1.43 bits per heavy atom. The van der Waals surface area contributed by atoms with Gasteiger partial charge in [-0.05, 0) is 13.8 Å². The number of nitrogens with zero attached hydrogens (tertiary/aromatic N) is 4. The maximum atomic E-state index is 12.1. The summed E-state index contributed by atoms with van der Waals surface area (Å²) in [4.78, 5) is 22.7. The summed E-state index contributed by atoms with van der Waals surface area (Å²) in [6.45, 7) is 3.47. The molecule has 8 nitrogen and oxygen atoms in total. The van der Waals surface area contributed by atoms with Crippen LogP contribution in [-0.2, 0) is 18.4 Å². The van der Waals surface area contributed by atoms with Gasteiger partial charge in [-0.2, -0.15) is 10.2 Å². The Bertz CT molecular complexity index is 673. The Labute approximate surface area is 121 Å². The number of hydrogen-bond acceptors (Lipinski definition) is 4. The number of nitrogens with one attached hydrogen (secondary N) is 1. The van der Waals surface area contributed by atoms with Crippen molar-refractivity contribution in [2.24, 2.45) is 7.05 Å². The second-order valence-electron chi connectivity index (χ2n) is 4.86. The minimum absolute atomic E-state index is 0.200. The smallest absolute Gasteiger partial charge is 0.325 e. The van der Waals surface area contributed by atoms with Crippen molar-refractivity contribution in [3.63, 3.8) is 0 Å². The summed E-state index contributed by atoms with van der Waals surface area (Å²) in [6.07, 6.45) is 4.61. The van der Waals surface area contributed by atoms with Crippen molar-refractivity contribution in [1.29, 1.82) is 0 Å². The molecule has 0 fully saturated rings. The normalized spacial score (nSPS) is 12.1. The van der Waals surface area contributed by atoms with E-state index in [-0.39, 0.29) is 18.5 Å². The van der Waals surface area contributed by atoms with E-state index in [9.17, 15) is 9.59 Å². The van der Waals surface area contributed by atoms with Gasteiger partial charge in [-0.3, -0.25) is 19.0 Å². The van der Waals surface area contributed by atoms with E-state index in [1.54, 1.807) is 4.68 Å². The zero-order valence-corrected chi connectivity index (χ0v) is 12.1. The van der Waals surface area contributed by atoms with Crippen LogP contribution < -0.4 is 5.32 Å². The van der Waals surface area contributed by atoms with E-state index >= 15 is 0 Å². The molecule has 0 saturated carbocycles. The predicted molar refractivity (Wildman–Crippen MR) is 73.7 cm³/mol. The summed E-state index contributed by atoms with van der Waals surface area (Å²) in [6, 6.07) is -0.200. The first kappa shape index (κ1) is 14.8. The number of carbonyl (C=O) groups is 2. The third kappa shape index (κ3) is 3.47. The molecule has 2 rings (SSSR count). The molecule has 0 aliphatic heterocycles. The van der Waals surface area contributed by atoms with Crippen LogP contribution in [-0.4, -0.2) is 36.5 Å². The highest BCUT2D eigenvalue weighted by Crippen LogP contribution is 2.16.